The Morgan fingerprint density at radius 3 is 2.00 bits per heavy atom. The summed E-state index contributed by atoms with van der Waals surface area (Å²) < 4.78 is 47.9. The minimum Gasteiger partial charge on any atom is -0.207 e. The highest BCUT2D eigenvalue weighted by Crippen LogP contribution is 2.34. The van der Waals surface area contributed by atoms with Gasteiger partial charge in [0, 0.05) is 0 Å². The smallest absolute Gasteiger partial charge is 0.207 e. The fourth-order valence-corrected chi connectivity index (χ4v) is 0.896. The average molecular weight is 166 g/mol. The van der Waals surface area contributed by atoms with Crippen molar-refractivity contribution in [3.63, 3.8) is 0 Å². The molecule has 0 aliphatic heterocycles. The Kier molecular flexibility index (Phi) is 2.02. The third-order valence-corrected chi connectivity index (χ3v) is 1.40. The van der Waals surface area contributed by atoms with Crippen molar-refractivity contribution in [2.45, 2.75) is 19.0 Å². The van der Waals surface area contributed by atoms with Gasteiger partial charge < -0.3 is 0 Å². The minimum absolute atomic E-state index is 0.266. The monoisotopic (exact) mass is 166 g/mol. The molecule has 0 bridgehead atoms. The summed E-state index contributed by atoms with van der Waals surface area (Å²) in [5, 5.41) is 0. The molecule has 1 aliphatic carbocycles. The Hall–Kier alpha value is -0.800. The van der Waals surface area contributed by atoms with Gasteiger partial charge in [-0.05, 0) is 18.9 Å². The maximum atomic E-state index is 12.4. The zero-order valence-electron chi connectivity index (χ0n) is 5.58. The number of halogens is 4. The van der Waals surface area contributed by atoms with Crippen molar-refractivity contribution in [3.8, 4) is 0 Å². The number of hydrogen-bond donors (Lipinski definition) is 0. The Balaban J connectivity index is 2.87. The van der Waals surface area contributed by atoms with Crippen LogP contribution in [0.1, 0.15) is 12.8 Å². The SMILES string of the molecule is FC1=CCCC=C1C(F)(F)F. The Morgan fingerprint density at radius 1 is 1.09 bits per heavy atom. The maximum Gasteiger partial charge on any atom is 0.418 e. The predicted molar refractivity (Wildman–Crippen MR) is 32.6 cm³/mol. The summed E-state index contributed by atoms with van der Waals surface area (Å²) >= 11 is 0. The lowest BCUT2D eigenvalue weighted by atomic mass is 10.1. The van der Waals surface area contributed by atoms with Crippen molar-refractivity contribution < 1.29 is 17.6 Å². The molecule has 0 radical (unpaired) electrons. The van der Waals surface area contributed by atoms with Crippen molar-refractivity contribution in [1.82, 2.24) is 0 Å². The normalized spacial score (nSPS) is 19.3. The van der Waals surface area contributed by atoms with Crippen molar-refractivity contribution in [2.75, 3.05) is 0 Å². The first-order chi connectivity index (χ1) is 5.02. The topological polar surface area (TPSA) is 0 Å². The van der Waals surface area contributed by atoms with Crippen molar-refractivity contribution in [3.05, 3.63) is 23.6 Å². The van der Waals surface area contributed by atoms with E-state index in [0.29, 0.717) is 6.42 Å². The van der Waals surface area contributed by atoms with Crippen LogP contribution in [0.2, 0.25) is 0 Å². The number of rotatable bonds is 0. The molecule has 62 valence electrons. The van der Waals surface area contributed by atoms with E-state index in [2.05, 4.69) is 0 Å². The molecule has 0 saturated carbocycles. The molecule has 0 saturated heterocycles. The fraction of sp³-hybridized carbons (Fsp3) is 0.429. The summed E-state index contributed by atoms with van der Waals surface area (Å²) in [6.07, 6.45) is -2.08. The summed E-state index contributed by atoms with van der Waals surface area (Å²) in [5.41, 5.74) is -1.14. The molecular formula is C7H6F4. The van der Waals surface area contributed by atoms with Crippen LogP contribution in [-0.2, 0) is 0 Å². The van der Waals surface area contributed by atoms with E-state index in [1.807, 2.05) is 0 Å². The first-order valence-electron chi connectivity index (χ1n) is 3.15. The van der Waals surface area contributed by atoms with Gasteiger partial charge in [-0.15, -0.1) is 0 Å². The van der Waals surface area contributed by atoms with E-state index < -0.39 is 17.6 Å². The minimum atomic E-state index is -4.54. The van der Waals surface area contributed by atoms with Crippen molar-refractivity contribution >= 4 is 0 Å². The third-order valence-electron chi connectivity index (χ3n) is 1.40. The zero-order valence-corrected chi connectivity index (χ0v) is 5.58. The molecule has 4 heteroatoms. The molecule has 0 amide bonds. The highest BCUT2D eigenvalue weighted by Gasteiger charge is 2.36. The van der Waals surface area contributed by atoms with Crippen LogP contribution in [0.3, 0.4) is 0 Å². The van der Waals surface area contributed by atoms with Gasteiger partial charge in [-0.1, -0.05) is 6.08 Å². The van der Waals surface area contributed by atoms with Gasteiger partial charge in [0.05, 0.1) is 5.57 Å². The van der Waals surface area contributed by atoms with E-state index in [4.69, 9.17) is 0 Å². The lowest BCUT2D eigenvalue weighted by Crippen LogP contribution is -2.13. The summed E-state index contributed by atoms with van der Waals surface area (Å²) in [4.78, 5) is 0. The predicted octanol–water partition coefficient (Wildman–Crippen LogP) is 3.12. The van der Waals surface area contributed by atoms with Crippen LogP contribution in [0.4, 0.5) is 17.6 Å². The van der Waals surface area contributed by atoms with Crippen LogP contribution in [0.15, 0.2) is 23.6 Å². The molecule has 0 N–H and O–H groups in total. The molecule has 0 aromatic carbocycles. The van der Waals surface area contributed by atoms with Gasteiger partial charge in [0.25, 0.3) is 0 Å². The standard InChI is InChI=1S/C7H6F4/c8-6-4-2-1-3-5(6)7(9,10)11/h3-4H,1-2H2. The largest absolute Gasteiger partial charge is 0.418 e. The molecule has 0 fully saturated rings. The quantitative estimate of drug-likeness (QED) is 0.485. The number of alkyl halides is 3. The van der Waals surface area contributed by atoms with Crippen LogP contribution in [0.25, 0.3) is 0 Å². The summed E-state index contributed by atoms with van der Waals surface area (Å²) in [7, 11) is 0. The van der Waals surface area contributed by atoms with E-state index >= 15 is 0 Å². The van der Waals surface area contributed by atoms with Crippen LogP contribution in [0.5, 0.6) is 0 Å². The van der Waals surface area contributed by atoms with E-state index in [1.165, 1.54) is 0 Å². The van der Waals surface area contributed by atoms with E-state index in [0.717, 1.165) is 12.2 Å². The molecule has 0 nitrogen and oxygen atoms in total. The molecule has 1 rings (SSSR count). The average Bonchev–Trinajstić information content (AvgIpc) is 1.86. The Labute approximate surface area is 61.2 Å². The second-order valence-electron chi connectivity index (χ2n) is 2.24. The van der Waals surface area contributed by atoms with Gasteiger partial charge in [-0.2, -0.15) is 13.2 Å². The van der Waals surface area contributed by atoms with Crippen LogP contribution in [0, 0.1) is 0 Å². The van der Waals surface area contributed by atoms with Crippen LogP contribution < -0.4 is 0 Å². The first kappa shape index (κ1) is 8.30. The van der Waals surface area contributed by atoms with Crippen LogP contribution in [-0.4, -0.2) is 6.18 Å². The second-order valence-corrected chi connectivity index (χ2v) is 2.24. The van der Waals surface area contributed by atoms with E-state index in [1.54, 1.807) is 0 Å². The fourth-order valence-electron chi connectivity index (χ4n) is 0.896. The third kappa shape index (κ3) is 1.82. The highest BCUT2D eigenvalue weighted by atomic mass is 19.4. The summed E-state index contributed by atoms with van der Waals surface area (Å²) in [6.45, 7) is 0. The second kappa shape index (κ2) is 2.68. The molecule has 0 heterocycles. The van der Waals surface area contributed by atoms with Gasteiger partial charge in [0.15, 0.2) is 0 Å². The highest BCUT2D eigenvalue weighted by molar-refractivity contribution is 5.32. The van der Waals surface area contributed by atoms with Crippen LogP contribution >= 0.6 is 0 Å². The molecule has 0 unspecified atom stereocenters. The van der Waals surface area contributed by atoms with E-state index in [9.17, 15) is 17.6 Å². The summed E-state index contributed by atoms with van der Waals surface area (Å²) in [5.74, 6) is -1.15. The molecule has 0 spiro atoms. The van der Waals surface area contributed by atoms with Gasteiger partial charge in [-0.25, -0.2) is 4.39 Å². The Morgan fingerprint density at radius 2 is 1.64 bits per heavy atom. The van der Waals surface area contributed by atoms with Gasteiger partial charge >= 0.3 is 6.18 Å². The van der Waals surface area contributed by atoms with Crippen molar-refractivity contribution in [2.24, 2.45) is 0 Å². The molecular weight excluding hydrogens is 160 g/mol. The molecule has 0 aromatic rings. The number of hydrogen-bond acceptors (Lipinski definition) is 0. The maximum absolute atomic E-state index is 12.4. The van der Waals surface area contributed by atoms with E-state index in [-0.39, 0.29) is 6.42 Å². The zero-order chi connectivity index (χ0) is 8.48. The lowest BCUT2D eigenvalue weighted by Gasteiger charge is -2.12. The van der Waals surface area contributed by atoms with Gasteiger partial charge in [-0.3, -0.25) is 0 Å². The summed E-state index contributed by atoms with van der Waals surface area (Å²) in [6, 6.07) is 0. The first-order valence-corrected chi connectivity index (χ1v) is 3.15. The van der Waals surface area contributed by atoms with Gasteiger partial charge in [0.2, 0.25) is 0 Å². The van der Waals surface area contributed by atoms with Crippen molar-refractivity contribution in [1.29, 1.82) is 0 Å². The lowest BCUT2D eigenvalue weighted by molar-refractivity contribution is -0.0915. The molecule has 0 atom stereocenters. The molecule has 1 aliphatic rings. The number of allylic oxidation sites excluding steroid dienone is 4. The van der Waals surface area contributed by atoms with Gasteiger partial charge in [0.1, 0.15) is 5.83 Å². The Bertz CT molecular complexity index is 209. The molecule has 11 heavy (non-hydrogen) atoms. The molecule has 0 aromatic heterocycles.